The first-order valence-corrected chi connectivity index (χ1v) is 48.0. The summed E-state index contributed by atoms with van der Waals surface area (Å²) >= 11 is 0. The highest BCUT2D eigenvalue weighted by Gasteiger charge is 2.27. The molecule has 144 heavy (non-hydrogen) atoms. The Morgan fingerprint density at radius 3 is 0.625 bits per heavy atom. The van der Waals surface area contributed by atoms with E-state index < -0.39 is 0 Å². The largest absolute Gasteiger partial charge is 0.454 e. The van der Waals surface area contributed by atoms with Crippen molar-refractivity contribution < 1.29 is 13.3 Å². The maximum absolute atomic E-state index is 6.82. The topological polar surface area (TPSA) is 170 Å². The summed E-state index contributed by atoms with van der Waals surface area (Å²) in [5, 5.41) is 13.4. The fourth-order valence-electron chi connectivity index (χ4n) is 20.3. The van der Waals surface area contributed by atoms with Crippen LogP contribution in [-0.4, -0.2) is 58.6 Å². The van der Waals surface area contributed by atoms with Crippen molar-refractivity contribution in [1.29, 1.82) is 0 Å². The molecule has 0 spiro atoms. The van der Waals surface area contributed by atoms with Crippen molar-refractivity contribution in [2.75, 3.05) is 0 Å². The van der Waals surface area contributed by atoms with Gasteiger partial charge in [0.05, 0.1) is 33.1 Å². The summed E-state index contributed by atoms with van der Waals surface area (Å²) in [6.45, 7) is 0. The lowest BCUT2D eigenvalue weighted by Crippen LogP contribution is -2.00. The summed E-state index contributed by atoms with van der Waals surface area (Å²) in [6.07, 6.45) is 0. The van der Waals surface area contributed by atoms with E-state index in [1.165, 1.54) is 21.7 Å². The molecule has 0 unspecified atom stereocenters. The molecule has 9 aromatic heterocycles. The second-order valence-corrected chi connectivity index (χ2v) is 35.8. The van der Waals surface area contributed by atoms with E-state index in [0.717, 1.165) is 199 Å². The van der Waals surface area contributed by atoms with Crippen LogP contribution in [0.1, 0.15) is 0 Å². The average Bonchev–Trinajstić information content (AvgIpc) is 1.57. The standard InChI is InChI=1S/2C45H28N4O.C39H24N4O/c1-4-13-29(14-5-1)31-17-12-18-32(27-31)44-46-43(30-15-6-2-7-16-30)47-45(48-44)33-23-24-36-38-26-25-37-35-21-10-11-22-39(35)49(34-19-8-3-9-20-34)41(37)42(38)50-40(36)28-33;1-4-12-29(13-5-1)30-20-22-32(23-21-30)44-46-43(31-14-6-2-7-15-31)47-45(48-44)33-24-25-36-38-27-26-37-35-18-10-11-19-39(35)49(34-16-8-3-9-17-34)41(37)42(38)50-40(36)28-33;1-4-12-25(13-5-1)37-40-38(26-14-6-2-7-15-26)42-39(41-37)27-20-21-30-32-23-22-31-29-18-10-11-19-33(29)43(28-16-8-3-9-17-28)35(31)36(32)44-34(30)24-27/h2*1-28H;1-24H. The van der Waals surface area contributed by atoms with E-state index >= 15 is 0 Å². The van der Waals surface area contributed by atoms with Gasteiger partial charge in [0, 0.05) is 132 Å². The molecule has 0 fully saturated rings. The quantitative estimate of drug-likeness (QED) is 0.101. The first kappa shape index (κ1) is 83.6. The van der Waals surface area contributed by atoms with Gasteiger partial charge < -0.3 is 27.0 Å². The maximum Gasteiger partial charge on any atom is 0.164 e. The Hall–Kier alpha value is -19.8. The van der Waals surface area contributed by atoms with E-state index in [4.69, 9.17) is 58.1 Å². The predicted molar refractivity (Wildman–Crippen MR) is 584 cm³/mol. The number of hydrogen-bond acceptors (Lipinski definition) is 12. The first-order valence-electron chi connectivity index (χ1n) is 48.0. The molecule has 0 atom stereocenters. The maximum atomic E-state index is 6.82. The zero-order valence-electron chi connectivity index (χ0n) is 77.3. The van der Waals surface area contributed by atoms with Gasteiger partial charge in [-0.1, -0.05) is 370 Å². The zero-order valence-corrected chi connectivity index (χ0v) is 77.3. The number of hydrogen-bond donors (Lipinski definition) is 0. The van der Waals surface area contributed by atoms with E-state index in [2.05, 4.69) is 347 Å². The highest BCUT2D eigenvalue weighted by atomic mass is 16.3. The normalized spacial score (nSPS) is 11.6. The van der Waals surface area contributed by atoms with Crippen LogP contribution in [0.4, 0.5) is 0 Å². The van der Waals surface area contributed by atoms with E-state index in [1.54, 1.807) is 0 Å². The van der Waals surface area contributed by atoms with Crippen LogP contribution in [0.3, 0.4) is 0 Å². The summed E-state index contributed by atoms with van der Waals surface area (Å²) in [7, 11) is 0. The third-order valence-corrected chi connectivity index (χ3v) is 27.2. The highest BCUT2D eigenvalue weighted by molar-refractivity contribution is 6.25. The monoisotopic (exact) mass is 1840 g/mol. The van der Waals surface area contributed by atoms with Gasteiger partial charge in [0.25, 0.3) is 0 Å². The molecule has 0 radical (unpaired) electrons. The van der Waals surface area contributed by atoms with Crippen LogP contribution in [0.15, 0.2) is 499 Å². The minimum atomic E-state index is 0.588. The number of aromatic nitrogens is 12. The predicted octanol–water partition coefficient (Wildman–Crippen LogP) is 32.9. The molecule has 15 heteroatoms. The molecule has 674 valence electrons. The first-order chi connectivity index (χ1) is 71.4. The molecule has 9 heterocycles. The fourth-order valence-corrected chi connectivity index (χ4v) is 20.3. The van der Waals surface area contributed by atoms with Crippen molar-refractivity contribution in [3.05, 3.63) is 485 Å². The molecule has 0 saturated heterocycles. The van der Waals surface area contributed by atoms with E-state index in [0.29, 0.717) is 52.4 Å². The van der Waals surface area contributed by atoms with E-state index in [-0.39, 0.29) is 0 Å². The molecule has 0 aliphatic rings. The third-order valence-electron chi connectivity index (χ3n) is 27.2. The van der Waals surface area contributed by atoms with Crippen LogP contribution < -0.4 is 0 Å². The molecule has 0 amide bonds. The molecule has 0 saturated carbocycles. The number of benzene rings is 20. The SMILES string of the molecule is c1ccc(-c2ccc(-c3nc(-c4ccccc4)nc(-c4ccc5c(c4)oc4c5ccc5c6ccccc6n(-c6ccccc6)c54)n3)cc2)cc1.c1ccc(-c2cccc(-c3nc(-c4ccccc4)nc(-c4ccc5c(c4)oc4c5ccc5c6ccccc6n(-c6ccccc6)c54)n3)c2)cc1.c1ccc(-c2nc(-c3ccccc3)nc(-c3ccc4c(c3)oc3c4ccc4c5ccccc5n(-c5ccccc5)c43)n2)cc1. The molecule has 20 aromatic carbocycles. The second kappa shape index (κ2) is 35.3. The van der Waals surface area contributed by atoms with Gasteiger partial charge >= 0.3 is 0 Å². The van der Waals surface area contributed by atoms with Gasteiger partial charge in [0.2, 0.25) is 0 Å². The van der Waals surface area contributed by atoms with Crippen molar-refractivity contribution in [3.63, 3.8) is 0 Å². The zero-order chi connectivity index (χ0) is 95.1. The summed E-state index contributed by atoms with van der Waals surface area (Å²) in [5.41, 5.74) is 27.5. The van der Waals surface area contributed by atoms with Gasteiger partial charge in [-0.05, 0) is 138 Å². The highest BCUT2D eigenvalue weighted by Crippen LogP contribution is 2.47. The van der Waals surface area contributed by atoms with E-state index in [1.807, 2.05) is 152 Å². The minimum Gasteiger partial charge on any atom is -0.454 e. The van der Waals surface area contributed by atoms with Crippen LogP contribution >= 0.6 is 0 Å². The van der Waals surface area contributed by atoms with Crippen LogP contribution in [0.2, 0.25) is 0 Å². The molecule has 0 N–H and O–H groups in total. The molecule has 0 bridgehead atoms. The van der Waals surface area contributed by atoms with Gasteiger partial charge in [0.15, 0.2) is 69.2 Å². The Morgan fingerprint density at radius 2 is 0.326 bits per heavy atom. The minimum absolute atomic E-state index is 0.588. The van der Waals surface area contributed by atoms with Gasteiger partial charge in [-0.3, -0.25) is 0 Å². The molecule has 29 rings (SSSR count). The lowest BCUT2D eigenvalue weighted by Gasteiger charge is -2.09. The van der Waals surface area contributed by atoms with Gasteiger partial charge in [-0.15, -0.1) is 0 Å². The molecular weight excluding hydrogens is 1770 g/mol. The van der Waals surface area contributed by atoms with Crippen LogP contribution in [-0.2, 0) is 0 Å². The number of furan rings is 3. The third kappa shape index (κ3) is 14.9. The summed E-state index contributed by atoms with van der Waals surface area (Å²) in [4.78, 5) is 44.7. The fraction of sp³-hybridized carbons (Fsp3) is 0. The average molecular weight is 1850 g/mol. The summed E-state index contributed by atoms with van der Waals surface area (Å²) in [5.74, 6) is 5.52. The molecule has 29 aromatic rings. The van der Waals surface area contributed by atoms with Crippen molar-refractivity contribution in [1.82, 2.24) is 58.6 Å². The number of rotatable bonds is 14. The Balaban J connectivity index is 0.000000108. The number of fused-ring (bicyclic) bond motifs is 21. The van der Waals surface area contributed by atoms with Crippen LogP contribution in [0.5, 0.6) is 0 Å². The lowest BCUT2D eigenvalue weighted by atomic mass is 10.0. The number of nitrogens with zero attached hydrogens (tertiary/aromatic N) is 12. The van der Waals surface area contributed by atoms with Crippen molar-refractivity contribution in [3.8, 4) is 142 Å². The van der Waals surface area contributed by atoms with Gasteiger partial charge in [-0.25, -0.2) is 44.9 Å². The molecule has 0 aliphatic heterocycles. The smallest absolute Gasteiger partial charge is 0.164 e. The van der Waals surface area contributed by atoms with Crippen molar-refractivity contribution >= 4 is 131 Å². The van der Waals surface area contributed by atoms with Gasteiger partial charge in [-0.2, -0.15) is 0 Å². The number of para-hydroxylation sites is 6. The van der Waals surface area contributed by atoms with E-state index in [9.17, 15) is 0 Å². The Bertz CT molecular complexity index is 9940. The molecular formula is C129H80N12O3. The van der Waals surface area contributed by atoms with Crippen LogP contribution in [0, 0.1) is 0 Å². The summed E-state index contributed by atoms with van der Waals surface area (Å²) in [6, 6.07) is 167. The molecule has 15 nitrogen and oxygen atoms in total. The van der Waals surface area contributed by atoms with Crippen molar-refractivity contribution in [2.45, 2.75) is 0 Å². The van der Waals surface area contributed by atoms with Crippen LogP contribution in [0.25, 0.3) is 273 Å². The lowest BCUT2D eigenvalue weighted by molar-refractivity contribution is 0.671. The Kier molecular flexibility index (Phi) is 20.5. The van der Waals surface area contributed by atoms with Crippen molar-refractivity contribution in [2.24, 2.45) is 0 Å². The summed E-state index contributed by atoms with van der Waals surface area (Å²) < 4.78 is 27.3. The molecule has 0 aliphatic carbocycles. The second-order valence-electron chi connectivity index (χ2n) is 35.8. The van der Waals surface area contributed by atoms with Gasteiger partial charge in [0.1, 0.15) is 16.7 Å². The Morgan fingerprint density at radius 1 is 0.132 bits per heavy atom. The Labute approximate surface area is 824 Å².